The Morgan fingerprint density at radius 2 is 1.75 bits per heavy atom. The van der Waals surface area contributed by atoms with E-state index in [1.54, 1.807) is 14.2 Å². The van der Waals surface area contributed by atoms with E-state index < -0.39 is 5.60 Å². The second kappa shape index (κ2) is 12.8. The number of halogens is 1. The molecule has 0 unspecified atom stereocenters. The number of methoxy groups -OCH3 is 2. The third-order valence-electron chi connectivity index (χ3n) is 7.48. The first kappa shape index (κ1) is 28.7. The van der Waals surface area contributed by atoms with Gasteiger partial charge in [0.1, 0.15) is 6.61 Å². The molecule has 1 aliphatic carbocycles. The number of carbonyl (C=O) groups is 1. The molecule has 1 saturated carbocycles. The van der Waals surface area contributed by atoms with Gasteiger partial charge >= 0.3 is 5.97 Å². The third-order valence-corrected chi connectivity index (χ3v) is 8.82. The van der Waals surface area contributed by atoms with Crippen LogP contribution < -0.4 is 0 Å². The van der Waals surface area contributed by atoms with Crippen molar-refractivity contribution in [1.82, 2.24) is 24.4 Å². The van der Waals surface area contributed by atoms with Gasteiger partial charge in [-0.1, -0.05) is 18.2 Å². The summed E-state index contributed by atoms with van der Waals surface area (Å²) < 4.78 is 26.7. The van der Waals surface area contributed by atoms with E-state index >= 15 is 0 Å². The van der Waals surface area contributed by atoms with E-state index in [4.69, 9.17) is 23.9 Å². The summed E-state index contributed by atoms with van der Waals surface area (Å²) in [6.07, 6.45) is 8.30. The minimum atomic E-state index is -0.985. The maximum Gasteiger partial charge on any atom is 0.338 e. The predicted octanol–water partition coefficient (Wildman–Crippen LogP) is 4.74. The van der Waals surface area contributed by atoms with Gasteiger partial charge in [0.15, 0.2) is 11.2 Å². The van der Waals surface area contributed by atoms with Crippen molar-refractivity contribution in [3.63, 3.8) is 0 Å². The molecule has 0 atom stereocenters. The maximum atomic E-state index is 13.1. The average molecular weight is 660 g/mol. The largest absolute Gasteiger partial charge is 0.461 e. The number of aryl methyl sites for hydroxylation is 1. The number of benzene rings is 1. The van der Waals surface area contributed by atoms with Crippen LogP contribution in [0.5, 0.6) is 0 Å². The molecule has 0 aliphatic heterocycles. The van der Waals surface area contributed by atoms with E-state index in [1.165, 1.54) is 0 Å². The highest BCUT2D eigenvalue weighted by Crippen LogP contribution is 2.42. The molecular formula is C29H34IN5O5. The first-order chi connectivity index (χ1) is 19.5. The molecule has 3 heterocycles. The van der Waals surface area contributed by atoms with Crippen LogP contribution in [0.25, 0.3) is 22.5 Å². The van der Waals surface area contributed by atoms with Crippen LogP contribution in [-0.2, 0) is 23.7 Å². The van der Waals surface area contributed by atoms with Crippen molar-refractivity contribution >= 4 is 34.2 Å². The number of carbonyl (C=O) groups excluding carboxylic acids is 1. The van der Waals surface area contributed by atoms with Crippen LogP contribution in [0.4, 0.5) is 0 Å². The molecule has 0 radical (unpaired) electrons. The molecule has 4 aromatic rings. The van der Waals surface area contributed by atoms with Crippen LogP contribution >= 0.6 is 22.6 Å². The van der Waals surface area contributed by atoms with Gasteiger partial charge in [-0.15, -0.1) is 0 Å². The van der Waals surface area contributed by atoms with Gasteiger partial charge in [-0.25, -0.2) is 19.0 Å². The molecule has 0 spiro atoms. The standard InChI is InChI=1S/C29H34IN5O5/c1-20-25(30)26(21-9-11-29(12-10-21,40-16-14-38-3)28(36)39-15-13-37-2)33-27-24(18-32-35(20)27)22-17-31-34(19-22)23-7-5-4-6-8-23/h4-8,17-19,21H,9-16H2,1-3H3. The second-order valence-corrected chi connectivity index (χ2v) is 11.0. The Morgan fingerprint density at radius 1 is 1.02 bits per heavy atom. The molecule has 0 amide bonds. The van der Waals surface area contributed by atoms with Gasteiger partial charge in [0.05, 0.1) is 52.9 Å². The van der Waals surface area contributed by atoms with Crippen molar-refractivity contribution in [2.24, 2.45) is 0 Å². The minimum absolute atomic E-state index is 0.177. The molecule has 0 saturated heterocycles. The van der Waals surface area contributed by atoms with E-state index in [1.807, 2.05) is 58.1 Å². The van der Waals surface area contributed by atoms with Gasteiger partial charge < -0.3 is 18.9 Å². The SMILES string of the molecule is COCCOC(=O)C1(OCCOC)CCC(c2nc3c(-c4cnn(-c5ccccc5)c4)cnn3c(C)c2I)CC1. The molecule has 3 aromatic heterocycles. The van der Waals surface area contributed by atoms with Crippen molar-refractivity contribution in [3.8, 4) is 16.8 Å². The Hall–Kier alpha value is -2.87. The third kappa shape index (κ3) is 5.78. The Kier molecular flexibility index (Phi) is 9.13. The lowest BCUT2D eigenvalue weighted by Crippen LogP contribution is -2.46. The number of esters is 1. The minimum Gasteiger partial charge on any atom is -0.461 e. The van der Waals surface area contributed by atoms with Crippen molar-refractivity contribution in [2.75, 3.05) is 40.6 Å². The summed E-state index contributed by atoms with van der Waals surface area (Å²) in [5.41, 5.74) is 4.75. The number of fused-ring (bicyclic) bond motifs is 1. The summed E-state index contributed by atoms with van der Waals surface area (Å²) in [7, 11) is 3.20. The smallest absolute Gasteiger partial charge is 0.338 e. The highest BCUT2D eigenvalue weighted by atomic mass is 127. The predicted molar refractivity (Wildman–Crippen MR) is 158 cm³/mol. The zero-order valence-electron chi connectivity index (χ0n) is 23.0. The highest BCUT2D eigenvalue weighted by molar-refractivity contribution is 14.1. The summed E-state index contributed by atoms with van der Waals surface area (Å²) in [6.45, 7) is 3.36. The van der Waals surface area contributed by atoms with Crippen LogP contribution in [0.15, 0.2) is 48.9 Å². The lowest BCUT2D eigenvalue weighted by molar-refractivity contribution is -0.181. The molecule has 11 heteroatoms. The van der Waals surface area contributed by atoms with E-state index in [0.29, 0.717) is 32.7 Å². The van der Waals surface area contributed by atoms with Crippen molar-refractivity contribution in [2.45, 2.75) is 44.1 Å². The summed E-state index contributed by atoms with van der Waals surface area (Å²) >= 11 is 2.37. The van der Waals surface area contributed by atoms with Gasteiger partial charge in [0.2, 0.25) is 0 Å². The Bertz CT molecular complexity index is 1450. The number of para-hydroxylation sites is 1. The number of rotatable bonds is 11. The van der Waals surface area contributed by atoms with Gasteiger partial charge in [-0.3, -0.25) is 0 Å². The Morgan fingerprint density at radius 3 is 2.48 bits per heavy atom. The van der Waals surface area contributed by atoms with E-state index in [-0.39, 0.29) is 18.5 Å². The van der Waals surface area contributed by atoms with Gasteiger partial charge in [0, 0.05) is 37.5 Å². The molecule has 0 N–H and O–H groups in total. The van der Waals surface area contributed by atoms with Gasteiger partial charge in [0.25, 0.3) is 0 Å². The molecule has 212 valence electrons. The fourth-order valence-corrected chi connectivity index (χ4v) is 6.02. The fourth-order valence-electron chi connectivity index (χ4n) is 5.23. The molecule has 5 rings (SSSR count). The van der Waals surface area contributed by atoms with Crippen LogP contribution in [0.2, 0.25) is 0 Å². The monoisotopic (exact) mass is 659 g/mol. The van der Waals surface area contributed by atoms with E-state index in [9.17, 15) is 4.79 Å². The maximum absolute atomic E-state index is 13.1. The van der Waals surface area contributed by atoms with Crippen LogP contribution in [0.1, 0.15) is 43.0 Å². The molecule has 10 nitrogen and oxygen atoms in total. The summed E-state index contributed by atoms with van der Waals surface area (Å²) in [6, 6.07) is 10.0. The summed E-state index contributed by atoms with van der Waals surface area (Å²) in [4.78, 5) is 18.3. The quantitative estimate of drug-likeness (QED) is 0.129. The van der Waals surface area contributed by atoms with Crippen LogP contribution in [-0.4, -0.2) is 76.6 Å². The number of hydrogen-bond donors (Lipinski definition) is 0. The topological polar surface area (TPSA) is 102 Å². The second-order valence-electron chi connectivity index (χ2n) is 9.94. The van der Waals surface area contributed by atoms with Crippen LogP contribution in [0, 0.1) is 10.5 Å². The first-order valence-corrected chi connectivity index (χ1v) is 14.5. The highest BCUT2D eigenvalue weighted by Gasteiger charge is 2.45. The molecule has 40 heavy (non-hydrogen) atoms. The zero-order chi connectivity index (χ0) is 28.1. The number of hydrogen-bond acceptors (Lipinski definition) is 8. The summed E-state index contributed by atoms with van der Waals surface area (Å²) in [5.74, 6) is -0.154. The average Bonchev–Trinajstić information content (AvgIpc) is 3.64. The van der Waals surface area contributed by atoms with Gasteiger partial charge in [-0.2, -0.15) is 10.2 Å². The van der Waals surface area contributed by atoms with Crippen molar-refractivity contribution < 1.29 is 23.7 Å². The summed E-state index contributed by atoms with van der Waals surface area (Å²) in [5, 5.41) is 9.22. The normalized spacial score (nSPS) is 19.2. The number of nitrogens with zero attached hydrogens (tertiary/aromatic N) is 5. The molecular weight excluding hydrogens is 625 g/mol. The molecule has 1 aliphatic rings. The Balaban J connectivity index is 1.41. The molecule has 1 fully saturated rings. The number of aromatic nitrogens is 5. The fraction of sp³-hybridized carbons (Fsp3) is 0.448. The van der Waals surface area contributed by atoms with Crippen molar-refractivity contribution in [3.05, 3.63) is 63.9 Å². The van der Waals surface area contributed by atoms with E-state index in [2.05, 4.69) is 39.7 Å². The Labute approximate surface area is 247 Å². The molecule has 1 aromatic carbocycles. The van der Waals surface area contributed by atoms with Gasteiger partial charge in [-0.05, 0) is 67.3 Å². The number of ether oxygens (including phenoxy) is 4. The zero-order valence-corrected chi connectivity index (χ0v) is 25.2. The molecule has 0 bridgehead atoms. The van der Waals surface area contributed by atoms with Crippen LogP contribution in [0.3, 0.4) is 0 Å². The van der Waals surface area contributed by atoms with E-state index in [0.717, 1.165) is 50.3 Å². The lowest BCUT2D eigenvalue weighted by Gasteiger charge is -2.38. The lowest BCUT2D eigenvalue weighted by atomic mass is 9.77. The first-order valence-electron chi connectivity index (χ1n) is 13.4. The van der Waals surface area contributed by atoms with Crippen molar-refractivity contribution in [1.29, 1.82) is 0 Å².